The topological polar surface area (TPSA) is 121 Å². The standard InChI is InChI=1S/C18H21N5O4/c24-15(25)10-23-14(5-6-20-23)12-2-1-7-22(9-12)18(27)13-8-19-16(11-3-4-11)21-17(13)26/h5-6,8,11-12H,1-4,7,9-10H2,(H,24,25)(H,19,21,26)/t12-/m0/s1. The van der Waals surface area contributed by atoms with Crippen LogP contribution in [0.5, 0.6) is 0 Å². The molecule has 1 atom stereocenters. The maximum absolute atomic E-state index is 12.8. The Morgan fingerprint density at radius 2 is 2.07 bits per heavy atom. The zero-order valence-electron chi connectivity index (χ0n) is 14.8. The van der Waals surface area contributed by atoms with E-state index in [1.54, 1.807) is 17.2 Å². The van der Waals surface area contributed by atoms with Crippen molar-refractivity contribution in [2.24, 2.45) is 0 Å². The monoisotopic (exact) mass is 371 g/mol. The molecule has 1 saturated heterocycles. The summed E-state index contributed by atoms with van der Waals surface area (Å²) < 4.78 is 1.46. The molecule has 1 aliphatic heterocycles. The highest BCUT2D eigenvalue weighted by Gasteiger charge is 2.30. The van der Waals surface area contributed by atoms with Crippen LogP contribution < -0.4 is 5.56 Å². The summed E-state index contributed by atoms with van der Waals surface area (Å²) in [6.07, 6.45) is 6.62. The van der Waals surface area contributed by atoms with E-state index < -0.39 is 11.5 Å². The van der Waals surface area contributed by atoms with E-state index >= 15 is 0 Å². The fourth-order valence-corrected chi connectivity index (χ4v) is 3.65. The molecule has 2 fully saturated rings. The molecule has 2 N–H and O–H groups in total. The predicted molar refractivity (Wildman–Crippen MR) is 94.6 cm³/mol. The molecule has 0 radical (unpaired) electrons. The van der Waals surface area contributed by atoms with E-state index in [-0.39, 0.29) is 23.9 Å². The number of nitrogens with zero attached hydrogens (tertiary/aromatic N) is 4. The first-order valence-corrected chi connectivity index (χ1v) is 9.15. The van der Waals surface area contributed by atoms with Gasteiger partial charge in [0.2, 0.25) is 0 Å². The number of aromatic amines is 1. The fourth-order valence-electron chi connectivity index (χ4n) is 3.65. The van der Waals surface area contributed by atoms with Crippen molar-refractivity contribution in [3.63, 3.8) is 0 Å². The van der Waals surface area contributed by atoms with Gasteiger partial charge in [-0.2, -0.15) is 5.10 Å². The molecule has 4 rings (SSSR count). The third-order valence-corrected chi connectivity index (χ3v) is 5.17. The van der Waals surface area contributed by atoms with Gasteiger partial charge in [-0.15, -0.1) is 0 Å². The van der Waals surface area contributed by atoms with Crippen LogP contribution in [0.4, 0.5) is 0 Å². The number of piperidine rings is 1. The van der Waals surface area contributed by atoms with Crippen molar-refractivity contribution in [3.8, 4) is 0 Å². The van der Waals surface area contributed by atoms with Crippen LogP contribution in [-0.4, -0.2) is 54.7 Å². The Hall–Kier alpha value is -2.97. The number of likely N-dealkylation sites (tertiary alicyclic amines) is 1. The molecule has 3 heterocycles. The Morgan fingerprint density at radius 1 is 1.26 bits per heavy atom. The second-order valence-corrected chi connectivity index (χ2v) is 7.18. The van der Waals surface area contributed by atoms with Crippen molar-refractivity contribution in [1.82, 2.24) is 24.6 Å². The number of H-pyrrole nitrogens is 1. The van der Waals surface area contributed by atoms with Gasteiger partial charge in [-0.05, 0) is 31.7 Å². The van der Waals surface area contributed by atoms with Gasteiger partial charge in [-0.1, -0.05) is 0 Å². The molecular weight excluding hydrogens is 350 g/mol. The molecule has 9 heteroatoms. The summed E-state index contributed by atoms with van der Waals surface area (Å²) in [7, 11) is 0. The van der Waals surface area contributed by atoms with Crippen LogP contribution in [0, 0.1) is 0 Å². The average Bonchev–Trinajstić information content (AvgIpc) is 3.40. The van der Waals surface area contributed by atoms with Crippen LogP contribution in [0.2, 0.25) is 0 Å². The lowest BCUT2D eigenvalue weighted by Crippen LogP contribution is -2.41. The van der Waals surface area contributed by atoms with Crippen molar-refractivity contribution >= 4 is 11.9 Å². The first-order chi connectivity index (χ1) is 13.0. The van der Waals surface area contributed by atoms with Crippen LogP contribution >= 0.6 is 0 Å². The molecule has 0 unspecified atom stereocenters. The molecule has 142 valence electrons. The highest BCUT2D eigenvalue weighted by atomic mass is 16.4. The third-order valence-electron chi connectivity index (χ3n) is 5.17. The van der Waals surface area contributed by atoms with Crippen LogP contribution in [0.25, 0.3) is 0 Å². The number of amides is 1. The van der Waals surface area contributed by atoms with Gasteiger partial charge < -0.3 is 15.0 Å². The van der Waals surface area contributed by atoms with Gasteiger partial charge >= 0.3 is 5.97 Å². The fraction of sp³-hybridized carbons (Fsp3) is 0.500. The molecule has 2 aromatic rings. The minimum absolute atomic E-state index is 0.0117. The quantitative estimate of drug-likeness (QED) is 0.807. The van der Waals surface area contributed by atoms with Gasteiger partial charge in [-0.25, -0.2) is 4.98 Å². The summed E-state index contributed by atoms with van der Waals surface area (Å²) in [4.78, 5) is 44.8. The maximum atomic E-state index is 12.8. The lowest BCUT2D eigenvalue weighted by molar-refractivity contribution is -0.137. The Labute approximate surface area is 155 Å². The van der Waals surface area contributed by atoms with E-state index in [1.807, 2.05) is 0 Å². The number of hydrogen-bond acceptors (Lipinski definition) is 5. The van der Waals surface area contributed by atoms with Gasteiger partial charge in [0.25, 0.3) is 11.5 Å². The molecular formula is C18H21N5O4. The van der Waals surface area contributed by atoms with Crippen LogP contribution in [0.3, 0.4) is 0 Å². The molecule has 27 heavy (non-hydrogen) atoms. The number of nitrogens with one attached hydrogen (secondary N) is 1. The molecule has 2 aromatic heterocycles. The molecule has 0 aromatic carbocycles. The lowest BCUT2D eigenvalue weighted by atomic mass is 9.94. The first kappa shape index (κ1) is 17.4. The summed E-state index contributed by atoms with van der Waals surface area (Å²) in [6.45, 7) is 0.777. The number of carbonyl (C=O) groups is 2. The van der Waals surface area contributed by atoms with Gasteiger partial charge in [0.15, 0.2) is 0 Å². The van der Waals surface area contributed by atoms with Gasteiger partial charge in [-0.3, -0.25) is 19.1 Å². The number of carbonyl (C=O) groups excluding carboxylic acids is 1. The molecule has 9 nitrogen and oxygen atoms in total. The number of carboxylic acid groups (broad SMARTS) is 1. The van der Waals surface area contributed by atoms with Crippen molar-refractivity contribution < 1.29 is 14.7 Å². The van der Waals surface area contributed by atoms with Crippen molar-refractivity contribution in [2.75, 3.05) is 13.1 Å². The summed E-state index contributed by atoms with van der Waals surface area (Å²) in [5.41, 5.74) is 0.458. The number of aliphatic carboxylic acids is 1. The van der Waals surface area contributed by atoms with Crippen molar-refractivity contribution in [1.29, 1.82) is 0 Å². The maximum Gasteiger partial charge on any atom is 0.325 e. The molecule has 2 aliphatic rings. The summed E-state index contributed by atoms with van der Waals surface area (Å²) in [6, 6.07) is 1.79. The second-order valence-electron chi connectivity index (χ2n) is 7.18. The predicted octanol–water partition coefficient (Wildman–Crippen LogP) is 0.948. The van der Waals surface area contributed by atoms with Crippen molar-refractivity contribution in [3.05, 3.63) is 45.9 Å². The van der Waals surface area contributed by atoms with E-state index in [1.165, 1.54) is 10.9 Å². The molecule has 1 saturated carbocycles. The van der Waals surface area contributed by atoms with E-state index in [9.17, 15) is 14.4 Å². The number of carboxylic acids is 1. The van der Waals surface area contributed by atoms with E-state index in [0.29, 0.717) is 24.8 Å². The number of rotatable bonds is 5. The zero-order valence-corrected chi connectivity index (χ0v) is 14.8. The third kappa shape index (κ3) is 3.62. The molecule has 0 bridgehead atoms. The molecule has 0 spiro atoms. The Morgan fingerprint density at radius 3 is 2.78 bits per heavy atom. The average molecular weight is 371 g/mol. The lowest BCUT2D eigenvalue weighted by Gasteiger charge is -2.32. The second kappa shape index (κ2) is 6.98. The van der Waals surface area contributed by atoms with Gasteiger partial charge in [0.05, 0.1) is 0 Å². The Kier molecular flexibility index (Phi) is 4.51. The SMILES string of the molecule is O=C(O)Cn1nccc1[C@H]1CCCN(C(=O)c2cnc(C3CC3)[nH]c2=O)C1. The van der Waals surface area contributed by atoms with E-state index in [4.69, 9.17) is 5.11 Å². The van der Waals surface area contributed by atoms with E-state index in [2.05, 4.69) is 15.1 Å². The highest BCUT2D eigenvalue weighted by Crippen LogP contribution is 2.37. The van der Waals surface area contributed by atoms with Gasteiger partial charge in [0, 0.05) is 43.0 Å². The first-order valence-electron chi connectivity index (χ1n) is 9.15. The minimum Gasteiger partial charge on any atom is -0.480 e. The molecule has 1 amide bonds. The van der Waals surface area contributed by atoms with Crippen LogP contribution in [0.15, 0.2) is 23.3 Å². The van der Waals surface area contributed by atoms with Crippen LogP contribution in [0.1, 0.15) is 59.4 Å². The van der Waals surface area contributed by atoms with Crippen LogP contribution in [-0.2, 0) is 11.3 Å². The smallest absolute Gasteiger partial charge is 0.325 e. The van der Waals surface area contributed by atoms with Crippen molar-refractivity contribution in [2.45, 2.75) is 44.1 Å². The normalized spacial score (nSPS) is 19.9. The summed E-state index contributed by atoms with van der Waals surface area (Å²) in [5.74, 6) is -0.333. The van der Waals surface area contributed by atoms with Gasteiger partial charge in [0.1, 0.15) is 17.9 Å². The summed E-state index contributed by atoms with van der Waals surface area (Å²) >= 11 is 0. The largest absolute Gasteiger partial charge is 0.480 e. The summed E-state index contributed by atoms with van der Waals surface area (Å²) in [5, 5.41) is 13.1. The Bertz CT molecular complexity index is 930. The Balaban J connectivity index is 1.51. The van der Waals surface area contributed by atoms with E-state index in [0.717, 1.165) is 31.4 Å². The number of hydrogen-bond donors (Lipinski definition) is 2. The number of aromatic nitrogens is 4. The molecule has 1 aliphatic carbocycles. The zero-order chi connectivity index (χ0) is 19.0. The highest BCUT2D eigenvalue weighted by molar-refractivity contribution is 5.93. The minimum atomic E-state index is -0.961.